The van der Waals surface area contributed by atoms with E-state index in [1.807, 2.05) is 0 Å². The monoisotopic (exact) mass is 195 g/mol. The molecule has 0 aromatic heterocycles. The van der Waals surface area contributed by atoms with Crippen molar-refractivity contribution in [2.24, 2.45) is 5.73 Å². The molecular weight excluding hydrogens is 184 g/mol. The fraction of sp³-hybridized carbons (Fsp3) is 0.273. The number of halogens is 2. The van der Waals surface area contributed by atoms with Crippen LogP contribution in [0.2, 0.25) is 0 Å². The molecule has 0 aliphatic heterocycles. The molecule has 1 rings (SSSR count). The maximum absolute atomic E-state index is 13.0. The van der Waals surface area contributed by atoms with Crippen LogP contribution in [0.4, 0.5) is 8.78 Å². The van der Waals surface area contributed by atoms with E-state index in [0.29, 0.717) is 13.0 Å². The molecule has 74 valence electrons. The molecule has 0 bridgehead atoms. The van der Waals surface area contributed by atoms with Crippen molar-refractivity contribution in [3.05, 3.63) is 35.4 Å². The van der Waals surface area contributed by atoms with Crippen LogP contribution in [0.25, 0.3) is 0 Å². The summed E-state index contributed by atoms with van der Waals surface area (Å²) < 4.78 is 25.5. The highest BCUT2D eigenvalue weighted by Gasteiger charge is 1.99. The Kier molecular flexibility index (Phi) is 4.09. The molecule has 1 aromatic rings. The van der Waals surface area contributed by atoms with Gasteiger partial charge in [0.15, 0.2) is 0 Å². The number of hydrogen-bond acceptors (Lipinski definition) is 1. The van der Waals surface area contributed by atoms with Crippen molar-refractivity contribution in [1.82, 2.24) is 0 Å². The fourth-order valence-corrected chi connectivity index (χ4v) is 0.939. The molecule has 0 amide bonds. The minimum absolute atomic E-state index is 0.225. The Morgan fingerprint density at radius 2 is 2.07 bits per heavy atom. The molecule has 14 heavy (non-hydrogen) atoms. The van der Waals surface area contributed by atoms with E-state index in [9.17, 15) is 8.78 Å². The normalized spacial score (nSPS) is 9.36. The first-order chi connectivity index (χ1) is 6.74. The molecule has 2 N–H and O–H groups in total. The van der Waals surface area contributed by atoms with Crippen LogP contribution in [0.1, 0.15) is 18.4 Å². The summed E-state index contributed by atoms with van der Waals surface area (Å²) in [6, 6.07) is 3.35. The summed E-state index contributed by atoms with van der Waals surface area (Å²) in [5.41, 5.74) is 5.49. The number of benzene rings is 1. The lowest BCUT2D eigenvalue weighted by atomic mass is 10.2. The molecule has 0 radical (unpaired) electrons. The Hall–Kier alpha value is -1.40. The largest absolute Gasteiger partial charge is 0.330 e. The highest BCUT2D eigenvalue weighted by Crippen LogP contribution is 2.07. The van der Waals surface area contributed by atoms with Crippen LogP contribution in [-0.4, -0.2) is 6.54 Å². The van der Waals surface area contributed by atoms with Crippen molar-refractivity contribution >= 4 is 0 Å². The summed E-state index contributed by atoms with van der Waals surface area (Å²) in [7, 11) is 0. The second kappa shape index (κ2) is 5.36. The van der Waals surface area contributed by atoms with Crippen molar-refractivity contribution < 1.29 is 8.78 Å². The molecule has 3 heteroatoms. The van der Waals surface area contributed by atoms with E-state index >= 15 is 0 Å². The molecular formula is C11H11F2N. The lowest BCUT2D eigenvalue weighted by molar-refractivity contribution is 0.581. The summed E-state index contributed by atoms with van der Waals surface area (Å²) in [4.78, 5) is 0. The maximum atomic E-state index is 13.0. The first-order valence-electron chi connectivity index (χ1n) is 4.38. The van der Waals surface area contributed by atoms with Crippen molar-refractivity contribution in [2.45, 2.75) is 12.8 Å². The van der Waals surface area contributed by atoms with Gasteiger partial charge >= 0.3 is 0 Å². The summed E-state index contributed by atoms with van der Waals surface area (Å²) in [5.74, 6) is 4.19. The van der Waals surface area contributed by atoms with Crippen molar-refractivity contribution in [3.63, 3.8) is 0 Å². The average Bonchev–Trinajstić information content (AvgIpc) is 2.15. The molecule has 0 aliphatic carbocycles. The van der Waals surface area contributed by atoms with Gasteiger partial charge in [0, 0.05) is 12.5 Å². The number of unbranched alkanes of at least 4 members (excludes halogenated alkanes) is 1. The Morgan fingerprint density at radius 1 is 1.29 bits per heavy atom. The van der Waals surface area contributed by atoms with Crippen LogP contribution in [-0.2, 0) is 0 Å². The Bertz CT molecular complexity index is 363. The van der Waals surface area contributed by atoms with Gasteiger partial charge in [0.25, 0.3) is 0 Å². The third-order valence-corrected chi connectivity index (χ3v) is 1.66. The smallest absolute Gasteiger partial charge is 0.141 e. The molecule has 0 saturated carbocycles. The maximum Gasteiger partial charge on any atom is 0.141 e. The summed E-state index contributed by atoms with van der Waals surface area (Å²) in [6.07, 6.45) is 1.42. The van der Waals surface area contributed by atoms with E-state index in [4.69, 9.17) is 5.73 Å². The molecule has 0 saturated heterocycles. The van der Waals surface area contributed by atoms with Gasteiger partial charge in [-0.25, -0.2) is 8.78 Å². The standard InChI is InChI=1S/C11H11F2N/c12-10-6-5-9(11(13)8-10)4-2-1-3-7-14/h5-6,8H,1,3,7,14H2. The average molecular weight is 195 g/mol. The summed E-state index contributed by atoms with van der Waals surface area (Å²) in [6.45, 7) is 0.570. The van der Waals surface area contributed by atoms with Crippen LogP contribution >= 0.6 is 0 Å². The van der Waals surface area contributed by atoms with Crippen LogP contribution in [0.5, 0.6) is 0 Å². The highest BCUT2D eigenvalue weighted by atomic mass is 19.1. The molecule has 0 spiro atoms. The topological polar surface area (TPSA) is 26.0 Å². The SMILES string of the molecule is NCCCC#Cc1ccc(F)cc1F. The Balaban J connectivity index is 2.70. The van der Waals surface area contributed by atoms with E-state index in [1.54, 1.807) is 0 Å². The fourth-order valence-electron chi connectivity index (χ4n) is 0.939. The van der Waals surface area contributed by atoms with Crippen molar-refractivity contribution in [3.8, 4) is 11.8 Å². The van der Waals surface area contributed by atoms with Crippen molar-refractivity contribution in [1.29, 1.82) is 0 Å². The molecule has 1 nitrogen and oxygen atoms in total. The van der Waals surface area contributed by atoms with E-state index in [-0.39, 0.29) is 5.56 Å². The van der Waals surface area contributed by atoms with E-state index in [0.717, 1.165) is 12.5 Å². The molecule has 0 atom stereocenters. The zero-order chi connectivity index (χ0) is 10.4. The van der Waals surface area contributed by atoms with Crippen LogP contribution in [0.15, 0.2) is 18.2 Å². The minimum atomic E-state index is -0.620. The van der Waals surface area contributed by atoms with Crippen LogP contribution < -0.4 is 5.73 Å². The molecule has 0 heterocycles. The van der Waals surface area contributed by atoms with Gasteiger partial charge < -0.3 is 5.73 Å². The summed E-state index contributed by atoms with van der Waals surface area (Å²) >= 11 is 0. The molecule has 0 aliphatic rings. The van der Waals surface area contributed by atoms with Gasteiger partial charge in [0.2, 0.25) is 0 Å². The number of hydrogen-bond donors (Lipinski definition) is 1. The Labute approximate surface area is 81.9 Å². The zero-order valence-corrected chi connectivity index (χ0v) is 7.69. The van der Waals surface area contributed by atoms with Gasteiger partial charge in [0.1, 0.15) is 11.6 Å². The quantitative estimate of drug-likeness (QED) is 0.567. The first-order valence-corrected chi connectivity index (χ1v) is 4.38. The second-order valence-electron chi connectivity index (χ2n) is 2.82. The van der Waals surface area contributed by atoms with Crippen LogP contribution in [0, 0.1) is 23.5 Å². The molecule has 1 aromatic carbocycles. The number of nitrogens with two attached hydrogens (primary N) is 1. The van der Waals surface area contributed by atoms with Gasteiger partial charge in [-0.2, -0.15) is 0 Å². The lowest BCUT2D eigenvalue weighted by Crippen LogP contribution is -1.96. The van der Waals surface area contributed by atoms with Gasteiger partial charge in [-0.05, 0) is 25.1 Å². The van der Waals surface area contributed by atoms with E-state index in [2.05, 4.69) is 11.8 Å². The van der Waals surface area contributed by atoms with Gasteiger partial charge in [-0.1, -0.05) is 11.8 Å². The van der Waals surface area contributed by atoms with E-state index in [1.165, 1.54) is 12.1 Å². The molecule has 0 fully saturated rings. The molecule has 0 unspecified atom stereocenters. The highest BCUT2D eigenvalue weighted by molar-refractivity contribution is 5.35. The van der Waals surface area contributed by atoms with E-state index < -0.39 is 11.6 Å². The third-order valence-electron chi connectivity index (χ3n) is 1.66. The zero-order valence-electron chi connectivity index (χ0n) is 7.69. The Morgan fingerprint density at radius 3 is 2.71 bits per heavy atom. The third kappa shape index (κ3) is 3.15. The van der Waals surface area contributed by atoms with Crippen LogP contribution in [0.3, 0.4) is 0 Å². The lowest BCUT2D eigenvalue weighted by Gasteiger charge is -1.93. The van der Waals surface area contributed by atoms with Gasteiger partial charge in [-0.15, -0.1) is 0 Å². The predicted octanol–water partition coefficient (Wildman–Crippen LogP) is 2.06. The second-order valence-corrected chi connectivity index (χ2v) is 2.82. The van der Waals surface area contributed by atoms with Gasteiger partial charge in [0.05, 0.1) is 5.56 Å². The van der Waals surface area contributed by atoms with Gasteiger partial charge in [-0.3, -0.25) is 0 Å². The van der Waals surface area contributed by atoms with Crippen molar-refractivity contribution in [2.75, 3.05) is 6.54 Å². The number of rotatable bonds is 2. The summed E-state index contributed by atoms with van der Waals surface area (Å²) in [5, 5.41) is 0. The predicted molar refractivity (Wildman–Crippen MR) is 51.5 cm³/mol. The minimum Gasteiger partial charge on any atom is -0.330 e. The first kappa shape index (κ1) is 10.7.